The highest BCUT2D eigenvalue weighted by molar-refractivity contribution is 6.30. The summed E-state index contributed by atoms with van der Waals surface area (Å²) in [7, 11) is 0. The lowest BCUT2D eigenvalue weighted by molar-refractivity contribution is -0.139. The molecule has 22 heavy (non-hydrogen) atoms. The van der Waals surface area contributed by atoms with Crippen molar-refractivity contribution in [3.05, 3.63) is 46.1 Å². The van der Waals surface area contributed by atoms with E-state index in [1.807, 2.05) is 13.0 Å². The molecule has 0 bridgehead atoms. The van der Waals surface area contributed by atoms with Gasteiger partial charge in [-0.25, -0.2) is 9.59 Å². The molecule has 0 spiro atoms. The molecule has 0 aromatic heterocycles. The Bertz CT molecular complexity index is 613. The predicted octanol–water partition coefficient (Wildman–Crippen LogP) is 3.31. The molecule has 1 atom stereocenters. The van der Waals surface area contributed by atoms with Crippen LogP contribution in [0.25, 0.3) is 0 Å². The van der Waals surface area contributed by atoms with Gasteiger partial charge in [0.2, 0.25) is 0 Å². The van der Waals surface area contributed by atoms with Crippen molar-refractivity contribution < 1.29 is 14.3 Å². The Morgan fingerprint density at radius 1 is 1.41 bits per heavy atom. The molecule has 0 radical (unpaired) electrons. The van der Waals surface area contributed by atoms with Gasteiger partial charge in [-0.1, -0.05) is 37.1 Å². The summed E-state index contributed by atoms with van der Waals surface area (Å²) < 4.78 is 5.29. The van der Waals surface area contributed by atoms with E-state index in [1.165, 1.54) is 0 Å². The third-order valence-corrected chi connectivity index (χ3v) is 3.64. The number of carbonyl (C=O) groups is 2. The van der Waals surface area contributed by atoms with Gasteiger partial charge >= 0.3 is 12.0 Å². The zero-order chi connectivity index (χ0) is 16.1. The maximum absolute atomic E-state index is 12.4. The number of amides is 2. The van der Waals surface area contributed by atoms with Crippen molar-refractivity contribution in [1.29, 1.82) is 0 Å². The number of benzene rings is 1. The summed E-state index contributed by atoms with van der Waals surface area (Å²) in [6, 6.07) is 6.14. The second kappa shape index (κ2) is 7.31. The molecule has 1 aliphatic rings. The summed E-state index contributed by atoms with van der Waals surface area (Å²) in [5.41, 5.74) is 1.64. The molecule has 0 aliphatic carbocycles. The van der Waals surface area contributed by atoms with Crippen molar-refractivity contribution in [1.82, 2.24) is 10.6 Å². The second-order valence-corrected chi connectivity index (χ2v) is 5.55. The number of ether oxygens (including phenoxy) is 1. The van der Waals surface area contributed by atoms with E-state index < -0.39 is 12.0 Å². The molecule has 1 aromatic carbocycles. The molecular formula is C16H19ClN2O3. The van der Waals surface area contributed by atoms with Crippen LogP contribution in [0, 0.1) is 0 Å². The van der Waals surface area contributed by atoms with Gasteiger partial charge in [0, 0.05) is 10.7 Å². The minimum atomic E-state index is -0.568. The van der Waals surface area contributed by atoms with Crippen LogP contribution in [0.4, 0.5) is 4.79 Å². The Kier molecular flexibility index (Phi) is 5.44. The SMILES string of the molecule is CCCCOC(=O)C1=C(C)NC(=O)NC1c1cccc(Cl)c1. The van der Waals surface area contributed by atoms with E-state index in [0.29, 0.717) is 22.9 Å². The number of esters is 1. The monoisotopic (exact) mass is 322 g/mol. The summed E-state index contributed by atoms with van der Waals surface area (Å²) >= 11 is 6.01. The molecule has 118 valence electrons. The number of hydrogen-bond donors (Lipinski definition) is 2. The lowest BCUT2D eigenvalue weighted by atomic mass is 9.95. The van der Waals surface area contributed by atoms with E-state index in [9.17, 15) is 9.59 Å². The van der Waals surface area contributed by atoms with Gasteiger partial charge in [0.1, 0.15) is 0 Å². The number of unbranched alkanes of at least 4 members (excludes halogenated alkanes) is 1. The molecule has 1 heterocycles. The average Bonchev–Trinajstić information content (AvgIpc) is 2.46. The van der Waals surface area contributed by atoms with E-state index in [2.05, 4.69) is 10.6 Å². The third kappa shape index (κ3) is 3.80. The molecule has 0 saturated carbocycles. The van der Waals surface area contributed by atoms with Crippen LogP contribution in [0.1, 0.15) is 38.3 Å². The fourth-order valence-corrected chi connectivity index (χ4v) is 2.49. The van der Waals surface area contributed by atoms with Crippen LogP contribution in [-0.4, -0.2) is 18.6 Å². The Hall–Kier alpha value is -2.01. The second-order valence-electron chi connectivity index (χ2n) is 5.11. The molecule has 6 heteroatoms. The van der Waals surface area contributed by atoms with Crippen molar-refractivity contribution in [2.24, 2.45) is 0 Å². The first-order valence-corrected chi connectivity index (χ1v) is 7.61. The van der Waals surface area contributed by atoms with Crippen LogP contribution >= 0.6 is 11.6 Å². The van der Waals surface area contributed by atoms with Crippen LogP contribution in [0.2, 0.25) is 5.02 Å². The first-order chi connectivity index (χ1) is 10.5. The smallest absolute Gasteiger partial charge is 0.338 e. The summed E-state index contributed by atoms with van der Waals surface area (Å²) in [6.45, 7) is 4.07. The highest BCUT2D eigenvalue weighted by Gasteiger charge is 2.32. The number of halogens is 1. The number of urea groups is 1. The zero-order valence-electron chi connectivity index (χ0n) is 12.6. The van der Waals surface area contributed by atoms with Crippen molar-refractivity contribution in [3.63, 3.8) is 0 Å². The number of rotatable bonds is 5. The van der Waals surface area contributed by atoms with Crippen molar-refractivity contribution >= 4 is 23.6 Å². The largest absolute Gasteiger partial charge is 0.462 e. The minimum absolute atomic E-state index is 0.354. The standard InChI is InChI=1S/C16H19ClN2O3/c1-3-4-8-22-15(20)13-10(2)18-16(21)19-14(13)11-6-5-7-12(17)9-11/h5-7,9,14H,3-4,8H2,1-2H3,(H2,18,19,21). The Balaban J connectivity index is 2.30. The molecule has 0 fully saturated rings. The highest BCUT2D eigenvalue weighted by atomic mass is 35.5. The van der Waals surface area contributed by atoms with E-state index in [4.69, 9.17) is 16.3 Å². The summed E-state index contributed by atoms with van der Waals surface area (Å²) in [6.07, 6.45) is 1.75. The van der Waals surface area contributed by atoms with Gasteiger partial charge < -0.3 is 15.4 Å². The van der Waals surface area contributed by atoms with Gasteiger partial charge in [-0.2, -0.15) is 0 Å². The number of allylic oxidation sites excluding steroid dienone is 1. The Morgan fingerprint density at radius 2 is 2.18 bits per heavy atom. The average molecular weight is 323 g/mol. The fraction of sp³-hybridized carbons (Fsp3) is 0.375. The van der Waals surface area contributed by atoms with Gasteiger partial charge in [0.05, 0.1) is 18.2 Å². The van der Waals surface area contributed by atoms with E-state index >= 15 is 0 Å². The molecule has 2 amide bonds. The maximum atomic E-state index is 12.4. The zero-order valence-corrected chi connectivity index (χ0v) is 13.4. The molecule has 2 N–H and O–H groups in total. The van der Waals surface area contributed by atoms with Crippen LogP contribution in [-0.2, 0) is 9.53 Å². The normalized spacial score (nSPS) is 17.8. The molecule has 1 aromatic rings. The van der Waals surface area contributed by atoms with Crippen LogP contribution in [0.3, 0.4) is 0 Å². The van der Waals surface area contributed by atoms with Crippen molar-refractivity contribution in [2.75, 3.05) is 6.61 Å². The van der Waals surface area contributed by atoms with Crippen molar-refractivity contribution in [3.8, 4) is 0 Å². The van der Waals surface area contributed by atoms with Gasteiger partial charge in [-0.3, -0.25) is 0 Å². The van der Waals surface area contributed by atoms with Crippen molar-refractivity contribution in [2.45, 2.75) is 32.7 Å². The summed E-state index contributed by atoms with van der Waals surface area (Å²) in [5, 5.41) is 5.90. The minimum Gasteiger partial charge on any atom is -0.462 e. The first kappa shape index (κ1) is 16.4. The number of hydrogen-bond acceptors (Lipinski definition) is 3. The maximum Gasteiger partial charge on any atom is 0.338 e. The Morgan fingerprint density at radius 3 is 2.86 bits per heavy atom. The lowest BCUT2D eigenvalue weighted by Crippen LogP contribution is -2.45. The number of carbonyl (C=O) groups excluding carboxylic acids is 2. The highest BCUT2D eigenvalue weighted by Crippen LogP contribution is 2.29. The summed E-state index contributed by atoms with van der Waals surface area (Å²) in [5.74, 6) is -0.427. The summed E-state index contributed by atoms with van der Waals surface area (Å²) in [4.78, 5) is 24.1. The van der Waals surface area contributed by atoms with Crippen LogP contribution in [0.5, 0.6) is 0 Å². The van der Waals surface area contributed by atoms with Crippen LogP contribution < -0.4 is 10.6 Å². The first-order valence-electron chi connectivity index (χ1n) is 7.23. The fourth-order valence-electron chi connectivity index (χ4n) is 2.29. The van der Waals surface area contributed by atoms with Gasteiger partial charge in [-0.15, -0.1) is 0 Å². The van der Waals surface area contributed by atoms with Gasteiger partial charge in [0.25, 0.3) is 0 Å². The topological polar surface area (TPSA) is 67.4 Å². The molecule has 1 unspecified atom stereocenters. The molecule has 1 aliphatic heterocycles. The molecular weight excluding hydrogens is 304 g/mol. The number of nitrogens with one attached hydrogen (secondary N) is 2. The lowest BCUT2D eigenvalue weighted by Gasteiger charge is -2.28. The predicted molar refractivity (Wildman–Crippen MR) is 84.4 cm³/mol. The quantitative estimate of drug-likeness (QED) is 0.645. The van der Waals surface area contributed by atoms with Crippen LogP contribution in [0.15, 0.2) is 35.5 Å². The van der Waals surface area contributed by atoms with E-state index in [0.717, 1.165) is 18.4 Å². The third-order valence-electron chi connectivity index (χ3n) is 3.40. The molecule has 2 rings (SSSR count). The van der Waals surface area contributed by atoms with Gasteiger partial charge in [0.15, 0.2) is 0 Å². The van der Waals surface area contributed by atoms with E-state index in [1.54, 1.807) is 25.1 Å². The molecule has 5 nitrogen and oxygen atoms in total. The van der Waals surface area contributed by atoms with Gasteiger partial charge in [-0.05, 0) is 31.0 Å². The van der Waals surface area contributed by atoms with E-state index in [-0.39, 0.29) is 6.03 Å². The molecule has 0 saturated heterocycles. The Labute approximate surface area is 134 Å².